The standard InChI is InChI=1S/C13H8Cl2FNO2/c14-10-5-8(6-11(15)12(10)16)17-13(19)7-1-3-9(18)4-2-7/h1-6,18H,(H,17,19). The maximum absolute atomic E-state index is 13.2. The van der Waals surface area contributed by atoms with Gasteiger partial charge in [-0.05, 0) is 36.4 Å². The molecule has 0 atom stereocenters. The van der Waals surface area contributed by atoms with E-state index >= 15 is 0 Å². The number of hydrogen-bond acceptors (Lipinski definition) is 2. The summed E-state index contributed by atoms with van der Waals surface area (Å²) in [4.78, 5) is 11.9. The molecule has 2 rings (SSSR count). The van der Waals surface area contributed by atoms with E-state index in [4.69, 9.17) is 28.3 Å². The molecular formula is C13H8Cl2FNO2. The summed E-state index contributed by atoms with van der Waals surface area (Å²) in [5.41, 5.74) is 0.629. The largest absolute Gasteiger partial charge is 0.508 e. The molecule has 2 aromatic carbocycles. The van der Waals surface area contributed by atoms with E-state index in [-0.39, 0.29) is 21.5 Å². The van der Waals surface area contributed by atoms with Gasteiger partial charge in [-0.15, -0.1) is 0 Å². The highest BCUT2D eigenvalue weighted by Crippen LogP contribution is 2.27. The second-order valence-electron chi connectivity index (χ2n) is 3.75. The molecule has 0 radical (unpaired) electrons. The van der Waals surface area contributed by atoms with E-state index in [0.717, 1.165) is 0 Å². The molecule has 98 valence electrons. The van der Waals surface area contributed by atoms with Crippen molar-refractivity contribution >= 4 is 34.8 Å². The van der Waals surface area contributed by atoms with Crippen LogP contribution in [0.1, 0.15) is 10.4 Å². The zero-order valence-corrected chi connectivity index (χ0v) is 11.0. The maximum Gasteiger partial charge on any atom is 0.255 e. The number of anilines is 1. The minimum atomic E-state index is -0.731. The van der Waals surface area contributed by atoms with E-state index in [1.807, 2.05) is 0 Å². The number of nitrogens with one attached hydrogen (secondary N) is 1. The number of phenolic OH excluding ortho intramolecular Hbond substituents is 1. The van der Waals surface area contributed by atoms with Gasteiger partial charge in [-0.2, -0.15) is 0 Å². The number of carbonyl (C=O) groups excluding carboxylic acids is 1. The molecule has 19 heavy (non-hydrogen) atoms. The van der Waals surface area contributed by atoms with Gasteiger partial charge in [0, 0.05) is 11.3 Å². The van der Waals surface area contributed by atoms with Gasteiger partial charge in [0.1, 0.15) is 5.75 Å². The van der Waals surface area contributed by atoms with Crippen molar-refractivity contribution in [2.75, 3.05) is 5.32 Å². The van der Waals surface area contributed by atoms with Crippen molar-refractivity contribution in [2.45, 2.75) is 0 Å². The van der Waals surface area contributed by atoms with Gasteiger partial charge in [-0.3, -0.25) is 4.79 Å². The molecule has 1 amide bonds. The van der Waals surface area contributed by atoms with Crippen molar-refractivity contribution in [3.63, 3.8) is 0 Å². The minimum absolute atomic E-state index is 0.0596. The zero-order chi connectivity index (χ0) is 14.0. The Labute approximate surface area is 118 Å². The van der Waals surface area contributed by atoms with Gasteiger partial charge in [-0.25, -0.2) is 4.39 Å². The summed E-state index contributed by atoms with van der Waals surface area (Å²) in [6.45, 7) is 0. The van der Waals surface area contributed by atoms with Crippen LogP contribution in [0.3, 0.4) is 0 Å². The number of amides is 1. The first-order valence-electron chi connectivity index (χ1n) is 5.22. The molecule has 0 aliphatic carbocycles. The Hall–Kier alpha value is -1.78. The van der Waals surface area contributed by atoms with Crippen molar-refractivity contribution < 1.29 is 14.3 Å². The molecule has 0 fully saturated rings. The number of hydrogen-bond donors (Lipinski definition) is 2. The highest BCUT2D eigenvalue weighted by molar-refractivity contribution is 6.35. The molecule has 0 unspecified atom stereocenters. The van der Waals surface area contributed by atoms with Crippen molar-refractivity contribution in [3.05, 3.63) is 57.8 Å². The molecule has 0 aromatic heterocycles. The third-order valence-corrected chi connectivity index (χ3v) is 2.92. The lowest BCUT2D eigenvalue weighted by molar-refractivity contribution is 0.102. The molecule has 3 nitrogen and oxygen atoms in total. The minimum Gasteiger partial charge on any atom is -0.508 e. The number of aromatic hydroxyl groups is 1. The average molecular weight is 300 g/mol. The van der Waals surface area contributed by atoms with E-state index in [1.165, 1.54) is 36.4 Å². The Morgan fingerprint density at radius 2 is 1.63 bits per heavy atom. The van der Waals surface area contributed by atoms with Crippen LogP contribution in [-0.4, -0.2) is 11.0 Å². The van der Waals surface area contributed by atoms with Crippen LogP contribution in [0.25, 0.3) is 0 Å². The molecular weight excluding hydrogens is 292 g/mol. The van der Waals surface area contributed by atoms with E-state index in [2.05, 4.69) is 5.32 Å². The Balaban J connectivity index is 2.22. The Bertz CT molecular complexity index is 606. The first kappa shape index (κ1) is 13.6. The SMILES string of the molecule is O=C(Nc1cc(Cl)c(F)c(Cl)c1)c1ccc(O)cc1. The summed E-state index contributed by atoms with van der Waals surface area (Å²) < 4.78 is 13.2. The fraction of sp³-hybridized carbons (Fsp3) is 0. The summed E-state index contributed by atoms with van der Waals surface area (Å²) in [5.74, 6) is -1.09. The zero-order valence-electron chi connectivity index (χ0n) is 9.45. The topological polar surface area (TPSA) is 49.3 Å². The van der Waals surface area contributed by atoms with Crippen LogP contribution in [0.2, 0.25) is 10.0 Å². The number of benzene rings is 2. The van der Waals surface area contributed by atoms with Gasteiger partial charge in [0.2, 0.25) is 0 Å². The quantitative estimate of drug-likeness (QED) is 0.821. The fourth-order valence-corrected chi connectivity index (χ4v) is 1.93. The van der Waals surface area contributed by atoms with Gasteiger partial charge in [0.05, 0.1) is 10.0 Å². The molecule has 0 spiro atoms. The van der Waals surface area contributed by atoms with Gasteiger partial charge >= 0.3 is 0 Å². The summed E-state index contributed by atoms with van der Waals surface area (Å²) in [5, 5.41) is 11.3. The maximum atomic E-state index is 13.2. The van der Waals surface area contributed by atoms with Crippen LogP contribution in [0.4, 0.5) is 10.1 Å². The molecule has 6 heteroatoms. The predicted molar refractivity (Wildman–Crippen MR) is 72.5 cm³/mol. The van der Waals surface area contributed by atoms with E-state index in [1.54, 1.807) is 0 Å². The second kappa shape index (κ2) is 5.47. The van der Waals surface area contributed by atoms with Crippen molar-refractivity contribution in [1.29, 1.82) is 0 Å². The first-order chi connectivity index (χ1) is 8.97. The highest BCUT2D eigenvalue weighted by Gasteiger charge is 2.11. The third kappa shape index (κ3) is 3.16. The van der Waals surface area contributed by atoms with Gasteiger partial charge in [-0.1, -0.05) is 23.2 Å². The van der Waals surface area contributed by atoms with Gasteiger partial charge in [0.15, 0.2) is 5.82 Å². The van der Waals surface area contributed by atoms with Crippen LogP contribution in [0, 0.1) is 5.82 Å². The summed E-state index contributed by atoms with van der Waals surface area (Å²) in [6.07, 6.45) is 0. The Morgan fingerprint density at radius 1 is 1.11 bits per heavy atom. The highest BCUT2D eigenvalue weighted by atomic mass is 35.5. The second-order valence-corrected chi connectivity index (χ2v) is 4.57. The number of halogens is 3. The normalized spacial score (nSPS) is 10.3. The van der Waals surface area contributed by atoms with Crippen LogP contribution in [0.5, 0.6) is 5.75 Å². The van der Waals surface area contributed by atoms with E-state index in [0.29, 0.717) is 5.56 Å². The lowest BCUT2D eigenvalue weighted by atomic mass is 10.2. The number of carbonyl (C=O) groups is 1. The van der Waals surface area contributed by atoms with Crippen LogP contribution in [-0.2, 0) is 0 Å². The van der Waals surface area contributed by atoms with Crippen molar-refractivity contribution in [2.24, 2.45) is 0 Å². The molecule has 0 saturated carbocycles. The van der Waals surface area contributed by atoms with E-state index in [9.17, 15) is 9.18 Å². The summed E-state index contributed by atoms with van der Waals surface area (Å²) >= 11 is 11.3. The molecule has 2 aromatic rings. The van der Waals surface area contributed by atoms with Crippen molar-refractivity contribution in [3.8, 4) is 5.75 Å². The smallest absolute Gasteiger partial charge is 0.255 e. The molecule has 0 bridgehead atoms. The van der Waals surface area contributed by atoms with Gasteiger partial charge < -0.3 is 10.4 Å². The molecule has 2 N–H and O–H groups in total. The fourth-order valence-electron chi connectivity index (χ4n) is 1.44. The molecule has 0 heterocycles. The van der Waals surface area contributed by atoms with Crippen LogP contribution in [0.15, 0.2) is 36.4 Å². The average Bonchev–Trinajstić information content (AvgIpc) is 2.36. The predicted octanol–water partition coefficient (Wildman–Crippen LogP) is 4.09. The number of rotatable bonds is 2. The number of phenols is 1. The molecule has 0 aliphatic heterocycles. The molecule has 0 saturated heterocycles. The third-order valence-electron chi connectivity index (χ3n) is 2.37. The van der Waals surface area contributed by atoms with Crippen molar-refractivity contribution in [1.82, 2.24) is 0 Å². The first-order valence-corrected chi connectivity index (χ1v) is 5.98. The lowest BCUT2D eigenvalue weighted by Gasteiger charge is -2.07. The Kier molecular flexibility index (Phi) is 3.93. The van der Waals surface area contributed by atoms with E-state index < -0.39 is 11.7 Å². The molecule has 0 aliphatic rings. The van der Waals surface area contributed by atoms with Crippen LogP contribution < -0.4 is 5.32 Å². The monoisotopic (exact) mass is 299 g/mol. The van der Waals surface area contributed by atoms with Gasteiger partial charge in [0.25, 0.3) is 5.91 Å². The lowest BCUT2D eigenvalue weighted by Crippen LogP contribution is -2.11. The Morgan fingerprint density at radius 3 is 2.16 bits per heavy atom. The summed E-state index contributed by atoms with van der Waals surface area (Å²) in [6, 6.07) is 8.22. The summed E-state index contributed by atoms with van der Waals surface area (Å²) in [7, 11) is 0. The van der Waals surface area contributed by atoms with Crippen LogP contribution >= 0.6 is 23.2 Å².